The molecule has 0 fully saturated rings. The number of rotatable bonds is 6. The molecule has 24 heavy (non-hydrogen) atoms. The molecule has 2 rings (SSSR count). The predicted octanol–water partition coefficient (Wildman–Crippen LogP) is 3.20. The van der Waals surface area contributed by atoms with Crippen molar-refractivity contribution in [3.05, 3.63) is 39.8 Å². The highest BCUT2D eigenvalue weighted by Gasteiger charge is 2.19. The first-order valence-corrected chi connectivity index (χ1v) is 7.51. The van der Waals surface area contributed by atoms with Crippen molar-refractivity contribution in [1.29, 1.82) is 0 Å². The molecule has 0 atom stereocenters. The Morgan fingerprint density at radius 2 is 1.92 bits per heavy atom. The summed E-state index contributed by atoms with van der Waals surface area (Å²) in [6, 6.07) is 5.39. The Bertz CT molecular complexity index is 756. The van der Waals surface area contributed by atoms with Crippen molar-refractivity contribution in [2.45, 2.75) is 6.54 Å². The topological polar surface area (TPSA) is 82.6 Å². The molecular formula is C15H15Cl2N3O4. The van der Waals surface area contributed by atoms with E-state index in [-0.39, 0.29) is 21.8 Å². The van der Waals surface area contributed by atoms with Crippen LogP contribution in [-0.4, -0.2) is 37.3 Å². The zero-order valence-electron chi connectivity index (χ0n) is 13.2. The molecule has 0 aliphatic rings. The molecule has 0 radical (unpaired) electrons. The number of carbonyl (C=O) groups excluding carboxylic acids is 1. The van der Waals surface area contributed by atoms with Crippen LogP contribution >= 0.6 is 23.2 Å². The maximum atomic E-state index is 11.7. The lowest BCUT2D eigenvalue weighted by Gasteiger charge is -2.13. The van der Waals surface area contributed by atoms with Gasteiger partial charge in [0.05, 0.1) is 21.3 Å². The van der Waals surface area contributed by atoms with Gasteiger partial charge in [0.15, 0.2) is 11.5 Å². The first-order valence-electron chi connectivity index (χ1n) is 6.76. The summed E-state index contributed by atoms with van der Waals surface area (Å²) in [5.74, 6) is 0.822. The summed E-state index contributed by atoms with van der Waals surface area (Å²) >= 11 is 12.0. The van der Waals surface area contributed by atoms with E-state index in [0.717, 1.165) is 5.56 Å². The van der Waals surface area contributed by atoms with Crippen LogP contribution < -0.4 is 14.8 Å². The number of ether oxygens (including phenoxy) is 3. The number of benzene rings is 1. The number of anilines is 1. The van der Waals surface area contributed by atoms with Crippen molar-refractivity contribution in [1.82, 2.24) is 9.97 Å². The fourth-order valence-corrected chi connectivity index (χ4v) is 2.34. The minimum Gasteiger partial charge on any atom is -0.497 e. The van der Waals surface area contributed by atoms with Crippen LogP contribution in [0.15, 0.2) is 18.2 Å². The number of nitrogens with zero attached hydrogens (tertiary/aromatic N) is 2. The van der Waals surface area contributed by atoms with Crippen LogP contribution in [-0.2, 0) is 11.3 Å². The maximum absolute atomic E-state index is 11.7. The number of carbonyl (C=O) groups is 1. The lowest BCUT2D eigenvalue weighted by Crippen LogP contribution is -2.11. The van der Waals surface area contributed by atoms with E-state index in [0.29, 0.717) is 18.0 Å². The van der Waals surface area contributed by atoms with Crippen LogP contribution in [0.3, 0.4) is 0 Å². The molecule has 0 saturated carbocycles. The molecule has 1 aromatic carbocycles. The van der Waals surface area contributed by atoms with Gasteiger partial charge >= 0.3 is 5.97 Å². The molecule has 0 aliphatic carbocycles. The Kier molecular flexibility index (Phi) is 6.05. The number of halogens is 2. The number of hydrogen-bond acceptors (Lipinski definition) is 7. The van der Waals surface area contributed by atoms with Gasteiger partial charge in [-0.3, -0.25) is 0 Å². The standard InChI is InChI=1S/C15H15Cl2N3O4/c1-22-9-5-4-8(10(6-9)23-2)7-18-13-11(16)12(14(21)24-3)19-15(17)20-13/h4-6H,7H2,1-3H3,(H,18,19,20). The van der Waals surface area contributed by atoms with E-state index in [4.69, 9.17) is 32.7 Å². The highest BCUT2D eigenvalue weighted by molar-refractivity contribution is 6.36. The molecule has 0 spiro atoms. The molecule has 1 aromatic heterocycles. The molecule has 0 unspecified atom stereocenters. The quantitative estimate of drug-likeness (QED) is 0.616. The van der Waals surface area contributed by atoms with E-state index in [2.05, 4.69) is 20.0 Å². The van der Waals surface area contributed by atoms with Gasteiger partial charge in [0.2, 0.25) is 5.28 Å². The molecule has 9 heteroatoms. The monoisotopic (exact) mass is 371 g/mol. The first-order chi connectivity index (χ1) is 11.5. The van der Waals surface area contributed by atoms with Gasteiger partial charge in [-0.05, 0) is 23.7 Å². The lowest BCUT2D eigenvalue weighted by molar-refractivity contribution is 0.0594. The largest absolute Gasteiger partial charge is 0.497 e. The van der Waals surface area contributed by atoms with Crippen LogP contribution in [0.5, 0.6) is 11.5 Å². The number of aromatic nitrogens is 2. The summed E-state index contributed by atoms with van der Waals surface area (Å²) in [5.41, 5.74) is 0.729. The molecular weight excluding hydrogens is 357 g/mol. The molecule has 1 N–H and O–H groups in total. The second-order valence-corrected chi connectivity index (χ2v) is 5.24. The van der Waals surface area contributed by atoms with E-state index in [9.17, 15) is 4.79 Å². The zero-order chi connectivity index (χ0) is 17.7. The summed E-state index contributed by atoms with van der Waals surface area (Å²) in [7, 11) is 4.36. The third kappa shape index (κ3) is 3.98. The highest BCUT2D eigenvalue weighted by atomic mass is 35.5. The SMILES string of the molecule is COC(=O)c1nc(Cl)nc(NCc2ccc(OC)cc2OC)c1Cl. The fraction of sp³-hybridized carbons (Fsp3) is 0.267. The highest BCUT2D eigenvalue weighted by Crippen LogP contribution is 2.28. The molecule has 7 nitrogen and oxygen atoms in total. The van der Waals surface area contributed by atoms with Gasteiger partial charge in [-0.1, -0.05) is 11.6 Å². The van der Waals surface area contributed by atoms with E-state index >= 15 is 0 Å². The van der Waals surface area contributed by atoms with Crippen LogP contribution in [0, 0.1) is 0 Å². The van der Waals surface area contributed by atoms with E-state index in [1.54, 1.807) is 26.4 Å². The van der Waals surface area contributed by atoms with Crippen molar-refractivity contribution in [2.24, 2.45) is 0 Å². The Labute approximate surface area is 148 Å². The van der Waals surface area contributed by atoms with Crippen molar-refractivity contribution in [3.63, 3.8) is 0 Å². The third-order valence-corrected chi connectivity index (χ3v) is 3.67. The van der Waals surface area contributed by atoms with Crippen LogP contribution in [0.4, 0.5) is 5.82 Å². The molecule has 2 aromatic rings. The first kappa shape index (κ1) is 18.1. The number of nitrogens with one attached hydrogen (secondary N) is 1. The summed E-state index contributed by atoms with van der Waals surface area (Å²) < 4.78 is 15.1. The van der Waals surface area contributed by atoms with Gasteiger partial charge in [0.25, 0.3) is 0 Å². The molecule has 0 bridgehead atoms. The predicted molar refractivity (Wildman–Crippen MR) is 90.3 cm³/mol. The van der Waals surface area contributed by atoms with E-state index < -0.39 is 5.97 Å². The van der Waals surface area contributed by atoms with E-state index in [1.165, 1.54) is 7.11 Å². The van der Waals surface area contributed by atoms with E-state index in [1.807, 2.05) is 6.07 Å². The van der Waals surface area contributed by atoms with Crippen molar-refractivity contribution >= 4 is 35.0 Å². The zero-order valence-corrected chi connectivity index (χ0v) is 14.7. The Hall–Kier alpha value is -2.25. The van der Waals surface area contributed by atoms with Gasteiger partial charge in [-0.15, -0.1) is 0 Å². The minimum absolute atomic E-state index is 0.0266. The Balaban J connectivity index is 2.26. The second kappa shape index (κ2) is 8.03. The summed E-state index contributed by atoms with van der Waals surface area (Å²) in [5, 5.41) is 2.91. The van der Waals surface area contributed by atoms with Crippen molar-refractivity contribution < 1.29 is 19.0 Å². The van der Waals surface area contributed by atoms with Gasteiger partial charge < -0.3 is 19.5 Å². The van der Waals surface area contributed by atoms with Gasteiger partial charge in [-0.2, -0.15) is 4.98 Å². The van der Waals surface area contributed by atoms with Gasteiger partial charge in [0, 0.05) is 18.2 Å². The minimum atomic E-state index is -0.700. The number of hydrogen-bond donors (Lipinski definition) is 1. The Morgan fingerprint density at radius 1 is 1.17 bits per heavy atom. The smallest absolute Gasteiger partial charge is 0.358 e. The molecule has 1 heterocycles. The van der Waals surface area contributed by atoms with Crippen LogP contribution in [0.25, 0.3) is 0 Å². The molecule has 0 saturated heterocycles. The summed E-state index contributed by atoms with van der Waals surface area (Å²) in [6.07, 6.45) is 0. The normalized spacial score (nSPS) is 10.2. The van der Waals surface area contributed by atoms with Crippen LogP contribution in [0.2, 0.25) is 10.3 Å². The van der Waals surface area contributed by atoms with Gasteiger partial charge in [-0.25, -0.2) is 9.78 Å². The fourth-order valence-electron chi connectivity index (χ4n) is 1.95. The number of esters is 1. The average molecular weight is 372 g/mol. The lowest BCUT2D eigenvalue weighted by atomic mass is 10.2. The molecule has 0 amide bonds. The summed E-state index contributed by atoms with van der Waals surface area (Å²) in [4.78, 5) is 19.4. The summed E-state index contributed by atoms with van der Waals surface area (Å²) in [6.45, 7) is 0.334. The Morgan fingerprint density at radius 3 is 2.54 bits per heavy atom. The average Bonchev–Trinajstić information content (AvgIpc) is 2.61. The van der Waals surface area contributed by atoms with Gasteiger partial charge in [0.1, 0.15) is 16.5 Å². The maximum Gasteiger partial charge on any atom is 0.358 e. The van der Waals surface area contributed by atoms with Crippen molar-refractivity contribution in [3.8, 4) is 11.5 Å². The third-order valence-electron chi connectivity index (χ3n) is 3.14. The van der Waals surface area contributed by atoms with Crippen LogP contribution in [0.1, 0.15) is 16.1 Å². The molecule has 0 aliphatic heterocycles. The number of methoxy groups -OCH3 is 3. The second-order valence-electron chi connectivity index (χ2n) is 4.53. The van der Waals surface area contributed by atoms with Crippen molar-refractivity contribution in [2.75, 3.05) is 26.6 Å². The molecule has 128 valence electrons.